The zero-order valence-corrected chi connectivity index (χ0v) is 13.1. The highest BCUT2D eigenvalue weighted by molar-refractivity contribution is 7.99. The Morgan fingerprint density at radius 1 is 1.48 bits per heavy atom. The first kappa shape index (κ1) is 14.7. The number of aliphatic hydroxyl groups is 1. The number of nitrogens with one attached hydrogen (secondary N) is 2. The predicted octanol–water partition coefficient (Wildman–Crippen LogP) is 2.09. The van der Waals surface area contributed by atoms with Crippen LogP contribution in [0.2, 0.25) is 0 Å². The average molecular weight is 306 g/mol. The van der Waals surface area contributed by atoms with Crippen LogP contribution in [-0.2, 0) is 6.42 Å². The molecule has 0 unspecified atom stereocenters. The lowest BCUT2D eigenvalue weighted by molar-refractivity contribution is 0.0698. The fourth-order valence-electron chi connectivity index (χ4n) is 3.19. The second-order valence-electron chi connectivity index (χ2n) is 6.21. The van der Waals surface area contributed by atoms with Gasteiger partial charge in [-0.15, -0.1) is 0 Å². The minimum atomic E-state index is -0.735. The number of hydrogen-bond acceptors (Lipinski definition) is 3. The fraction of sp³-hybridized carbons (Fsp3) is 0.562. The molecule has 1 aliphatic heterocycles. The number of carbonyl (C=O) groups is 1. The molecule has 4 nitrogen and oxygen atoms in total. The van der Waals surface area contributed by atoms with Gasteiger partial charge in [0.05, 0.1) is 11.6 Å². The minimum absolute atomic E-state index is 0.0637. The third kappa shape index (κ3) is 3.19. The molecule has 2 aliphatic rings. The van der Waals surface area contributed by atoms with Crippen molar-refractivity contribution >= 4 is 17.8 Å². The topological polar surface area (TPSA) is 61.4 Å². The first-order valence-corrected chi connectivity index (χ1v) is 8.65. The zero-order valence-electron chi connectivity index (χ0n) is 12.3. The number of benzene rings is 1. The van der Waals surface area contributed by atoms with E-state index in [2.05, 4.69) is 29.7 Å². The largest absolute Gasteiger partial charge is 0.387 e. The highest BCUT2D eigenvalue weighted by Crippen LogP contribution is 2.35. The van der Waals surface area contributed by atoms with E-state index in [4.69, 9.17) is 0 Å². The van der Waals surface area contributed by atoms with Crippen molar-refractivity contribution in [1.29, 1.82) is 0 Å². The number of carbonyl (C=O) groups excluding carboxylic acids is 1. The first-order valence-electron chi connectivity index (χ1n) is 7.50. The molecule has 1 aromatic carbocycles. The molecule has 0 spiro atoms. The van der Waals surface area contributed by atoms with Crippen molar-refractivity contribution in [2.24, 2.45) is 5.92 Å². The van der Waals surface area contributed by atoms with Crippen LogP contribution in [0.25, 0.3) is 0 Å². The van der Waals surface area contributed by atoms with Crippen LogP contribution < -0.4 is 10.6 Å². The molecule has 21 heavy (non-hydrogen) atoms. The van der Waals surface area contributed by atoms with Gasteiger partial charge in [0.15, 0.2) is 0 Å². The van der Waals surface area contributed by atoms with E-state index in [1.165, 1.54) is 11.1 Å². The fourth-order valence-corrected chi connectivity index (χ4v) is 4.48. The maximum atomic E-state index is 12.1. The Hall–Kier alpha value is -1.20. The molecule has 1 fully saturated rings. The van der Waals surface area contributed by atoms with Crippen LogP contribution in [0.3, 0.4) is 0 Å². The quantitative estimate of drug-likeness (QED) is 0.801. The minimum Gasteiger partial charge on any atom is -0.387 e. The van der Waals surface area contributed by atoms with Crippen molar-refractivity contribution in [2.45, 2.75) is 31.4 Å². The lowest BCUT2D eigenvalue weighted by Gasteiger charge is -2.24. The van der Waals surface area contributed by atoms with Crippen LogP contribution in [0, 0.1) is 5.92 Å². The van der Waals surface area contributed by atoms with Crippen molar-refractivity contribution in [1.82, 2.24) is 10.6 Å². The van der Waals surface area contributed by atoms with Crippen LogP contribution in [0.5, 0.6) is 0 Å². The molecule has 0 aromatic heterocycles. The molecule has 1 saturated heterocycles. The van der Waals surface area contributed by atoms with Crippen molar-refractivity contribution in [3.05, 3.63) is 35.4 Å². The van der Waals surface area contributed by atoms with Crippen LogP contribution in [-0.4, -0.2) is 34.8 Å². The summed E-state index contributed by atoms with van der Waals surface area (Å²) in [5.74, 6) is 2.07. The Labute approximate surface area is 129 Å². The van der Waals surface area contributed by atoms with Gasteiger partial charge < -0.3 is 15.7 Å². The summed E-state index contributed by atoms with van der Waals surface area (Å²) in [6.45, 7) is 2.49. The van der Waals surface area contributed by atoms with Crippen molar-refractivity contribution < 1.29 is 9.90 Å². The van der Waals surface area contributed by atoms with Gasteiger partial charge in [0.25, 0.3) is 0 Å². The van der Waals surface area contributed by atoms with Gasteiger partial charge in [-0.3, -0.25) is 0 Å². The third-order valence-electron chi connectivity index (χ3n) is 4.45. The van der Waals surface area contributed by atoms with E-state index in [1.807, 2.05) is 12.1 Å². The normalized spacial score (nSPS) is 31.0. The summed E-state index contributed by atoms with van der Waals surface area (Å²) in [5.41, 5.74) is 1.80. The van der Waals surface area contributed by atoms with Gasteiger partial charge in [-0.2, -0.15) is 11.8 Å². The van der Waals surface area contributed by atoms with Crippen LogP contribution in [0.15, 0.2) is 24.3 Å². The van der Waals surface area contributed by atoms with E-state index < -0.39 is 5.60 Å². The van der Waals surface area contributed by atoms with Crippen LogP contribution >= 0.6 is 11.8 Å². The van der Waals surface area contributed by atoms with E-state index in [1.54, 1.807) is 11.8 Å². The SMILES string of the molecule is C[C@@H]1Cc2ccccc2[C@@H]1NC(=O)NC[C@@]1(O)CCSC1. The summed E-state index contributed by atoms with van der Waals surface area (Å²) in [7, 11) is 0. The lowest BCUT2D eigenvalue weighted by Crippen LogP contribution is -2.47. The van der Waals surface area contributed by atoms with E-state index in [0.29, 0.717) is 18.2 Å². The Balaban J connectivity index is 1.58. The van der Waals surface area contributed by atoms with E-state index in [9.17, 15) is 9.90 Å². The van der Waals surface area contributed by atoms with Gasteiger partial charge in [-0.25, -0.2) is 4.79 Å². The first-order chi connectivity index (χ1) is 10.1. The highest BCUT2D eigenvalue weighted by atomic mass is 32.2. The Kier molecular flexibility index (Phi) is 4.13. The number of amides is 2. The standard InChI is InChI=1S/C16H22N2O2S/c1-11-8-12-4-2-3-5-13(12)14(11)18-15(19)17-9-16(20)6-7-21-10-16/h2-5,11,14,20H,6-10H2,1H3,(H2,17,18,19)/t11-,14-,16+/m1/s1. The van der Waals surface area contributed by atoms with Gasteiger partial charge in [-0.1, -0.05) is 31.2 Å². The van der Waals surface area contributed by atoms with Crippen LogP contribution in [0.1, 0.15) is 30.5 Å². The monoisotopic (exact) mass is 306 g/mol. The third-order valence-corrected chi connectivity index (χ3v) is 5.68. The summed E-state index contributed by atoms with van der Waals surface area (Å²) >= 11 is 1.73. The van der Waals surface area contributed by atoms with Gasteiger partial charge >= 0.3 is 6.03 Å². The molecule has 1 aliphatic carbocycles. The Morgan fingerprint density at radius 2 is 2.29 bits per heavy atom. The van der Waals surface area contributed by atoms with E-state index in [-0.39, 0.29) is 12.1 Å². The van der Waals surface area contributed by atoms with Crippen molar-refractivity contribution in [3.8, 4) is 0 Å². The van der Waals surface area contributed by atoms with E-state index in [0.717, 1.165) is 18.6 Å². The number of rotatable bonds is 3. The summed E-state index contributed by atoms with van der Waals surface area (Å²) in [5, 5.41) is 16.1. The zero-order chi connectivity index (χ0) is 14.9. The van der Waals surface area contributed by atoms with Gasteiger partial charge in [-0.05, 0) is 35.6 Å². The lowest BCUT2D eigenvalue weighted by atomic mass is 10.0. The molecular formula is C16H22N2O2S. The molecule has 1 aromatic rings. The summed E-state index contributed by atoms with van der Waals surface area (Å²) in [6.07, 6.45) is 1.75. The molecule has 3 N–H and O–H groups in total. The van der Waals surface area contributed by atoms with Crippen molar-refractivity contribution in [2.75, 3.05) is 18.1 Å². The van der Waals surface area contributed by atoms with Crippen molar-refractivity contribution in [3.63, 3.8) is 0 Å². The molecule has 0 saturated carbocycles. The molecule has 5 heteroatoms. The Bertz CT molecular complexity index is 529. The summed E-state index contributed by atoms with van der Waals surface area (Å²) in [6, 6.07) is 8.15. The van der Waals surface area contributed by atoms with E-state index >= 15 is 0 Å². The molecule has 1 heterocycles. The molecule has 114 valence electrons. The maximum absolute atomic E-state index is 12.1. The number of thioether (sulfide) groups is 1. The Morgan fingerprint density at radius 3 is 3.05 bits per heavy atom. The van der Waals surface area contributed by atoms with Crippen LogP contribution in [0.4, 0.5) is 4.79 Å². The second kappa shape index (κ2) is 5.89. The molecule has 2 amide bonds. The second-order valence-corrected chi connectivity index (χ2v) is 7.32. The number of fused-ring (bicyclic) bond motifs is 1. The molecular weight excluding hydrogens is 284 g/mol. The smallest absolute Gasteiger partial charge is 0.315 e. The summed E-state index contributed by atoms with van der Waals surface area (Å²) in [4.78, 5) is 12.1. The molecule has 0 bridgehead atoms. The number of hydrogen-bond donors (Lipinski definition) is 3. The maximum Gasteiger partial charge on any atom is 0.315 e. The van der Waals surface area contributed by atoms with Gasteiger partial charge in [0, 0.05) is 12.3 Å². The molecule has 3 atom stereocenters. The number of urea groups is 1. The summed E-state index contributed by atoms with van der Waals surface area (Å²) < 4.78 is 0. The predicted molar refractivity (Wildman–Crippen MR) is 85.5 cm³/mol. The molecule has 0 radical (unpaired) electrons. The highest BCUT2D eigenvalue weighted by Gasteiger charge is 2.33. The molecule has 3 rings (SSSR count). The van der Waals surface area contributed by atoms with Gasteiger partial charge in [0.1, 0.15) is 0 Å². The van der Waals surface area contributed by atoms with Gasteiger partial charge in [0.2, 0.25) is 0 Å². The average Bonchev–Trinajstić information content (AvgIpc) is 3.03.